The maximum atomic E-state index is 5.31. The van der Waals surface area contributed by atoms with E-state index in [9.17, 15) is 0 Å². The molecule has 1 aromatic carbocycles. The van der Waals surface area contributed by atoms with E-state index >= 15 is 0 Å². The van der Waals surface area contributed by atoms with E-state index in [0.717, 1.165) is 42.9 Å². The Labute approximate surface area is 131 Å². The summed E-state index contributed by atoms with van der Waals surface area (Å²) in [6, 6.07) is 6.19. The standard InChI is InChI=1S/C16H25BrN2O/c1-16(2,3)19-9-7-18(8-10-19)12-13-11-14(20-4)5-6-15(13)17/h5-6,11H,7-10,12H2,1-4H3. The van der Waals surface area contributed by atoms with Crippen LogP contribution in [0.2, 0.25) is 0 Å². The smallest absolute Gasteiger partial charge is 0.119 e. The lowest BCUT2D eigenvalue weighted by atomic mass is 10.0. The average Bonchev–Trinajstić information content (AvgIpc) is 2.41. The minimum absolute atomic E-state index is 0.280. The number of nitrogens with zero attached hydrogens (tertiary/aromatic N) is 2. The first kappa shape index (κ1) is 15.8. The molecule has 1 saturated heterocycles. The van der Waals surface area contributed by atoms with Gasteiger partial charge in [0.25, 0.3) is 0 Å². The highest BCUT2D eigenvalue weighted by molar-refractivity contribution is 9.10. The van der Waals surface area contributed by atoms with E-state index in [0.29, 0.717) is 0 Å². The van der Waals surface area contributed by atoms with Gasteiger partial charge in [-0.05, 0) is 44.5 Å². The minimum atomic E-state index is 0.280. The largest absolute Gasteiger partial charge is 0.497 e. The Bertz CT molecular complexity index is 448. The number of hydrogen-bond donors (Lipinski definition) is 0. The Balaban J connectivity index is 1.96. The molecular formula is C16H25BrN2O. The summed E-state index contributed by atoms with van der Waals surface area (Å²) in [5.74, 6) is 0.927. The van der Waals surface area contributed by atoms with E-state index in [1.54, 1.807) is 7.11 Å². The molecule has 0 amide bonds. The van der Waals surface area contributed by atoms with Crippen molar-refractivity contribution in [3.8, 4) is 5.75 Å². The molecule has 0 unspecified atom stereocenters. The first-order valence-electron chi connectivity index (χ1n) is 7.20. The first-order chi connectivity index (χ1) is 9.40. The van der Waals surface area contributed by atoms with Crippen molar-refractivity contribution in [2.24, 2.45) is 0 Å². The molecule has 0 aliphatic carbocycles. The molecule has 0 aromatic heterocycles. The van der Waals surface area contributed by atoms with Crippen molar-refractivity contribution in [3.05, 3.63) is 28.2 Å². The molecule has 0 saturated carbocycles. The molecule has 3 nitrogen and oxygen atoms in total. The molecule has 0 atom stereocenters. The Morgan fingerprint density at radius 1 is 1.15 bits per heavy atom. The van der Waals surface area contributed by atoms with Crippen LogP contribution in [-0.4, -0.2) is 48.6 Å². The predicted octanol–water partition coefficient (Wildman–Crippen LogP) is 3.37. The molecule has 0 bridgehead atoms. The highest BCUT2D eigenvalue weighted by Crippen LogP contribution is 2.25. The third kappa shape index (κ3) is 3.96. The zero-order valence-electron chi connectivity index (χ0n) is 12.9. The van der Waals surface area contributed by atoms with E-state index in [2.05, 4.69) is 58.6 Å². The minimum Gasteiger partial charge on any atom is -0.497 e. The Kier molecular flexibility index (Phi) is 5.10. The summed E-state index contributed by atoms with van der Waals surface area (Å²) in [7, 11) is 1.72. The molecule has 4 heteroatoms. The number of hydrogen-bond acceptors (Lipinski definition) is 3. The van der Waals surface area contributed by atoms with Crippen molar-refractivity contribution in [2.45, 2.75) is 32.9 Å². The first-order valence-corrected chi connectivity index (χ1v) is 7.99. The van der Waals surface area contributed by atoms with Gasteiger partial charge >= 0.3 is 0 Å². The zero-order chi connectivity index (χ0) is 14.8. The van der Waals surface area contributed by atoms with Crippen LogP contribution in [0.3, 0.4) is 0 Å². The second kappa shape index (κ2) is 6.46. The Morgan fingerprint density at radius 3 is 2.35 bits per heavy atom. The summed E-state index contributed by atoms with van der Waals surface area (Å²) in [4.78, 5) is 5.08. The summed E-state index contributed by atoms with van der Waals surface area (Å²) in [6.45, 7) is 12.4. The summed E-state index contributed by atoms with van der Waals surface area (Å²) in [5, 5.41) is 0. The van der Waals surface area contributed by atoms with Gasteiger partial charge in [-0.25, -0.2) is 0 Å². The van der Waals surface area contributed by atoms with Crippen LogP contribution in [0.15, 0.2) is 22.7 Å². The van der Waals surface area contributed by atoms with Gasteiger partial charge in [-0.2, -0.15) is 0 Å². The highest BCUT2D eigenvalue weighted by Gasteiger charge is 2.25. The molecule has 20 heavy (non-hydrogen) atoms. The predicted molar refractivity (Wildman–Crippen MR) is 87.3 cm³/mol. The third-order valence-electron chi connectivity index (χ3n) is 3.97. The van der Waals surface area contributed by atoms with Crippen molar-refractivity contribution < 1.29 is 4.74 Å². The van der Waals surface area contributed by atoms with Gasteiger partial charge < -0.3 is 4.74 Å². The van der Waals surface area contributed by atoms with Gasteiger partial charge in [-0.3, -0.25) is 9.80 Å². The van der Waals surface area contributed by atoms with E-state index in [4.69, 9.17) is 4.74 Å². The van der Waals surface area contributed by atoms with Crippen LogP contribution in [0.1, 0.15) is 26.3 Å². The number of halogens is 1. The SMILES string of the molecule is COc1ccc(Br)c(CN2CCN(C(C)(C)C)CC2)c1. The highest BCUT2D eigenvalue weighted by atomic mass is 79.9. The van der Waals surface area contributed by atoms with Gasteiger partial charge in [0.15, 0.2) is 0 Å². The number of ether oxygens (including phenoxy) is 1. The molecular weight excluding hydrogens is 316 g/mol. The lowest BCUT2D eigenvalue weighted by Gasteiger charge is -2.42. The van der Waals surface area contributed by atoms with Crippen LogP contribution in [0.5, 0.6) is 5.75 Å². The fraction of sp³-hybridized carbons (Fsp3) is 0.625. The Morgan fingerprint density at radius 2 is 1.80 bits per heavy atom. The van der Waals surface area contributed by atoms with Crippen LogP contribution in [0.25, 0.3) is 0 Å². The zero-order valence-corrected chi connectivity index (χ0v) is 14.5. The molecule has 0 N–H and O–H groups in total. The van der Waals surface area contributed by atoms with Crippen LogP contribution in [-0.2, 0) is 6.54 Å². The summed E-state index contributed by atoms with van der Waals surface area (Å²) < 4.78 is 6.48. The molecule has 1 aliphatic rings. The molecule has 2 rings (SSSR count). The summed E-state index contributed by atoms with van der Waals surface area (Å²) in [5.41, 5.74) is 1.58. The second-order valence-corrected chi connectivity index (χ2v) is 7.25. The van der Waals surface area contributed by atoms with E-state index in [-0.39, 0.29) is 5.54 Å². The maximum absolute atomic E-state index is 5.31. The topological polar surface area (TPSA) is 15.7 Å². The van der Waals surface area contributed by atoms with Crippen LogP contribution in [0.4, 0.5) is 0 Å². The van der Waals surface area contributed by atoms with Crippen molar-refractivity contribution in [1.29, 1.82) is 0 Å². The van der Waals surface area contributed by atoms with E-state index in [1.807, 2.05) is 6.07 Å². The molecule has 1 fully saturated rings. The Hall–Kier alpha value is -0.580. The van der Waals surface area contributed by atoms with Crippen LogP contribution >= 0.6 is 15.9 Å². The van der Waals surface area contributed by atoms with Crippen molar-refractivity contribution >= 4 is 15.9 Å². The third-order valence-corrected chi connectivity index (χ3v) is 4.74. The molecule has 112 valence electrons. The van der Waals surface area contributed by atoms with Crippen molar-refractivity contribution in [1.82, 2.24) is 9.80 Å². The molecule has 1 heterocycles. The lowest BCUT2D eigenvalue weighted by Crippen LogP contribution is -2.53. The van der Waals surface area contributed by atoms with Gasteiger partial charge in [0.1, 0.15) is 5.75 Å². The van der Waals surface area contributed by atoms with Gasteiger partial charge in [0.2, 0.25) is 0 Å². The monoisotopic (exact) mass is 340 g/mol. The molecule has 1 aromatic rings. The molecule has 0 radical (unpaired) electrons. The van der Waals surface area contributed by atoms with Crippen molar-refractivity contribution in [2.75, 3.05) is 33.3 Å². The van der Waals surface area contributed by atoms with Gasteiger partial charge in [0.05, 0.1) is 7.11 Å². The van der Waals surface area contributed by atoms with Crippen LogP contribution in [0, 0.1) is 0 Å². The lowest BCUT2D eigenvalue weighted by molar-refractivity contribution is 0.0590. The number of rotatable bonds is 3. The number of benzene rings is 1. The normalized spacial score (nSPS) is 18.2. The van der Waals surface area contributed by atoms with Gasteiger partial charge in [-0.1, -0.05) is 15.9 Å². The quantitative estimate of drug-likeness (QED) is 0.838. The van der Waals surface area contributed by atoms with E-state index < -0.39 is 0 Å². The van der Waals surface area contributed by atoms with Gasteiger partial charge in [-0.15, -0.1) is 0 Å². The summed E-state index contributed by atoms with van der Waals surface area (Å²) in [6.07, 6.45) is 0. The fourth-order valence-corrected chi connectivity index (χ4v) is 2.99. The fourth-order valence-electron chi connectivity index (χ4n) is 2.62. The average molecular weight is 341 g/mol. The van der Waals surface area contributed by atoms with Crippen molar-refractivity contribution in [3.63, 3.8) is 0 Å². The van der Waals surface area contributed by atoms with E-state index in [1.165, 1.54) is 5.56 Å². The number of methoxy groups -OCH3 is 1. The summed E-state index contributed by atoms with van der Waals surface area (Å²) >= 11 is 3.64. The van der Waals surface area contributed by atoms with Crippen LogP contribution < -0.4 is 4.74 Å². The second-order valence-electron chi connectivity index (χ2n) is 6.39. The molecule has 1 aliphatic heterocycles. The molecule has 0 spiro atoms. The number of piperazine rings is 1. The van der Waals surface area contributed by atoms with Gasteiger partial charge in [0, 0.05) is 42.7 Å². The maximum Gasteiger partial charge on any atom is 0.119 e.